The molecule has 8 heteroatoms. The predicted octanol–water partition coefficient (Wildman–Crippen LogP) is -0.0159. The van der Waals surface area contributed by atoms with E-state index in [1.807, 2.05) is 9.80 Å². The molecule has 146 valence electrons. The van der Waals surface area contributed by atoms with Gasteiger partial charge in [0.15, 0.2) is 0 Å². The highest BCUT2D eigenvalue weighted by Crippen LogP contribution is 2.36. The van der Waals surface area contributed by atoms with Crippen molar-refractivity contribution in [2.75, 3.05) is 26.4 Å². The molecule has 2 saturated heterocycles. The van der Waals surface area contributed by atoms with E-state index in [0.29, 0.717) is 44.7 Å². The van der Waals surface area contributed by atoms with Gasteiger partial charge in [0.2, 0.25) is 23.6 Å². The summed E-state index contributed by atoms with van der Waals surface area (Å²) in [7, 11) is 0. The van der Waals surface area contributed by atoms with Crippen molar-refractivity contribution in [2.45, 2.75) is 57.0 Å². The molecule has 5 rings (SSSR count). The summed E-state index contributed by atoms with van der Waals surface area (Å²) in [6, 6.07) is 0.658. The summed E-state index contributed by atoms with van der Waals surface area (Å²) in [6.45, 7) is 1.19. The third-order valence-electron chi connectivity index (χ3n) is 6.67. The number of hydrogen-bond donors (Lipinski definition) is 0. The van der Waals surface area contributed by atoms with Crippen LogP contribution >= 0.6 is 0 Å². The zero-order chi connectivity index (χ0) is 18.7. The van der Waals surface area contributed by atoms with Crippen molar-refractivity contribution < 1.29 is 19.2 Å². The summed E-state index contributed by atoms with van der Waals surface area (Å²) in [5, 5.41) is 0. The first-order chi connectivity index (χ1) is 13.0. The lowest BCUT2D eigenvalue weighted by Gasteiger charge is -2.22. The Kier molecular flexibility index (Phi) is 3.91. The van der Waals surface area contributed by atoms with Crippen LogP contribution in [0, 0.1) is 11.8 Å². The van der Waals surface area contributed by atoms with Crippen LogP contribution in [0.1, 0.15) is 44.9 Å². The molecule has 0 unspecified atom stereocenters. The van der Waals surface area contributed by atoms with Gasteiger partial charge in [-0.1, -0.05) is 0 Å². The Morgan fingerprint density at radius 3 is 1.44 bits per heavy atom. The highest BCUT2D eigenvalue weighted by Gasteiger charge is 2.45. The first-order valence-corrected chi connectivity index (χ1v) is 10.2. The van der Waals surface area contributed by atoms with E-state index in [0.717, 1.165) is 25.7 Å². The van der Waals surface area contributed by atoms with Crippen molar-refractivity contribution >= 4 is 23.6 Å². The molecule has 0 aromatic rings. The molecule has 4 amide bonds. The third-order valence-corrected chi connectivity index (χ3v) is 6.67. The van der Waals surface area contributed by atoms with E-state index in [-0.39, 0.29) is 48.6 Å². The van der Waals surface area contributed by atoms with Crippen LogP contribution in [0.2, 0.25) is 0 Å². The Bertz CT molecular complexity index is 644. The lowest BCUT2D eigenvalue weighted by atomic mass is 10.0. The second-order valence-electron chi connectivity index (χ2n) is 8.75. The molecule has 3 aliphatic carbocycles. The van der Waals surface area contributed by atoms with E-state index >= 15 is 0 Å². The number of rotatable bonds is 4. The van der Waals surface area contributed by atoms with E-state index in [1.54, 1.807) is 9.80 Å². The zero-order valence-corrected chi connectivity index (χ0v) is 15.5. The van der Waals surface area contributed by atoms with Crippen molar-refractivity contribution in [1.82, 2.24) is 19.6 Å². The first-order valence-electron chi connectivity index (χ1n) is 10.2. The van der Waals surface area contributed by atoms with Gasteiger partial charge in [-0.05, 0) is 44.9 Å². The Morgan fingerprint density at radius 1 is 0.667 bits per heavy atom. The third kappa shape index (κ3) is 3.08. The summed E-state index contributed by atoms with van der Waals surface area (Å²) in [6.07, 6.45) is 6.09. The van der Waals surface area contributed by atoms with Gasteiger partial charge in [-0.15, -0.1) is 0 Å². The molecule has 0 aromatic heterocycles. The van der Waals surface area contributed by atoms with E-state index in [4.69, 9.17) is 0 Å². The quantitative estimate of drug-likeness (QED) is 0.693. The standard InChI is InChI=1S/C19H26N4O4/c24-16-8-20(10-22(16)14-3-4-14)18(26)12-1-2-13(7-12)19(27)21-9-17(25)23(11-21)15-5-6-15/h12-15H,1-11H2/t12-,13+. The predicted molar refractivity (Wildman–Crippen MR) is 93.7 cm³/mol. The molecule has 3 saturated carbocycles. The summed E-state index contributed by atoms with van der Waals surface area (Å²) in [5.41, 5.74) is 0. The van der Waals surface area contributed by atoms with Crippen LogP contribution < -0.4 is 0 Å². The fourth-order valence-electron chi connectivity index (χ4n) is 4.79. The summed E-state index contributed by atoms with van der Waals surface area (Å²) < 4.78 is 0. The molecule has 0 aromatic carbocycles. The average molecular weight is 374 g/mol. The van der Waals surface area contributed by atoms with Crippen LogP contribution in [0.4, 0.5) is 0 Å². The lowest BCUT2D eigenvalue weighted by molar-refractivity contribution is -0.137. The largest absolute Gasteiger partial charge is 0.320 e. The summed E-state index contributed by atoms with van der Waals surface area (Å²) in [5.74, 6) is -0.232. The molecule has 0 bridgehead atoms. The van der Waals surface area contributed by atoms with E-state index in [2.05, 4.69) is 0 Å². The highest BCUT2D eigenvalue weighted by molar-refractivity contribution is 5.91. The van der Waals surface area contributed by atoms with Gasteiger partial charge >= 0.3 is 0 Å². The SMILES string of the molecule is O=C([C@@H]1CC[C@H](C(=O)N2CC(=O)N(C3CC3)C2)C1)N1CC(=O)N(C2CC2)C1. The van der Waals surface area contributed by atoms with E-state index in [9.17, 15) is 19.2 Å². The van der Waals surface area contributed by atoms with Gasteiger partial charge in [0.05, 0.1) is 13.3 Å². The fraction of sp³-hybridized carbons (Fsp3) is 0.789. The lowest BCUT2D eigenvalue weighted by Crippen LogP contribution is -2.37. The molecule has 2 aliphatic heterocycles. The highest BCUT2D eigenvalue weighted by atomic mass is 16.2. The molecule has 2 heterocycles. The van der Waals surface area contributed by atoms with E-state index < -0.39 is 0 Å². The Labute approximate surface area is 158 Å². The molecule has 5 fully saturated rings. The average Bonchev–Trinajstić information content (AvgIpc) is 3.56. The minimum atomic E-state index is -0.177. The maximum Gasteiger partial charge on any atom is 0.243 e. The zero-order valence-electron chi connectivity index (χ0n) is 15.5. The smallest absolute Gasteiger partial charge is 0.243 e. The minimum absolute atomic E-state index is 0.0129. The van der Waals surface area contributed by atoms with Crippen molar-refractivity contribution in [2.24, 2.45) is 11.8 Å². The molecular formula is C19H26N4O4. The molecule has 0 N–H and O–H groups in total. The second-order valence-corrected chi connectivity index (χ2v) is 8.75. The van der Waals surface area contributed by atoms with Crippen LogP contribution in [0.15, 0.2) is 0 Å². The maximum absolute atomic E-state index is 12.8. The van der Waals surface area contributed by atoms with Crippen molar-refractivity contribution in [3.63, 3.8) is 0 Å². The van der Waals surface area contributed by atoms with E-state index in [1.165, 1.54) is 0 Å². The van der Waals surface area contributed by atoms with Gasteiger partial charge < -0.3 is 19.6 Å². The van der Waals surface area contributed by atoms with Crippen LogP contribution in [-0.4, -0.2) is 81.7 Å². The fourth-order valence-corrected chi connectivity index (χ4v) is 4.79. The molecule has 2 atom stereocenters. The van der Waals surface area contributed by atoms with Gasteiger partial charge in [-0.25, -0.2) is 0 Å². The summed E-state index contributed by atoms with van der Waals surface area (Å²) in [4.78, 5) is 56.8. The normalized spacial score (nSPS) is 31.4. The second kappa shape index (κ2) is 6.21. The topological polar surface area (TPSA) is 81.2 Å². The number of carbonyl (C=O) groups excluding carboxylic acids is 4. The number of nitrogens with zero attached hydrogens (tertiary/aromatic N) is 4. The molecule has 0 radical (unpaired) electrons. The number of hydrogen-bond acceptors (Lipinski definition) is 4. The van der Waals surface area contributed by atoms with Crippen LogP contribution in [-0.2, 0) is 19.2 Å². The number of amides is 4. The molecule has 27 heavy (non-hydrogen) atoms. The van der Waals surface area contributed by atoms with Crippen LogP contribution in [0.25, 0.3) is 0 Å². The Morgan fingerprint density at radius 2 is 1.07 bits per heavy atom. The summed E-state index contributed by atoms with van der Waals surface area (Å²) >= 11 is 0. The Balaban J connectivity index is 1.16. The van der Waals surface area contributed by atoms with Crippen LogP contribution in [0.3, 0.4) is 0 Å². The molecular weight excluding hydrogens is 348 g/mol. The van der Waals surface area contributed by atoms with Crippen molar-refractivity contribution in [3.8, 4) is 0 Å². The van der Waals surface area contributed by atoms with Gasteiger partial charge in [0.25, 0.3) is 0 Å². The van der Waals surface area contributed by atoms with Crippen LogP contribution in [0.5, 0.6) is 0 Å². The Hall–Kier alpha value is -2.12. The van der Waals surface area contributed by atoms with Crippen molar-refractivity contribution in [3.05, 3.63) is 0 Å². The van der Waals surface area contributed by atoms with Crippen molar-refractivity contribution in [1.29, 1.82) is 0 Å². The molecule has 8 nitrogen and oxygen atoms in total. The molecule has 0 spiro atoms. The van der Waals surface area contributed by atoms with Gasteiger partial charge in [-0.2, -0.15) is 0 Å². The minimum Gasteiger partial charge on any atom is -0.320 e. The monoisotopic (exact) mass is 374 g/mol. The van der Waals surface area contributed by atoms with Gasteiger partial charge in [0.1, 0.15) is 13.1 Å². The first kappa shape index (κ1) is 17.0. The van der Waals surface area contributed by atoms with Gasteiger partial charge in [0, 0.05) is 23.9 Å². The number of carbonyl (C=O) groups is 4. The molecule has 5 aliphatic rings. The van der Waals surface area contributed by atoms with Gasteiger partial charge in [-0.3, -0.25) is 19.2 Å². The maximum atomic E-state index is 12.8.